The van der Waals surface area contributed by atoms with E-state index in [1.54, 1.807) is 18.2 Å². The van der Waals surface area contributed by atoms with Crippen molar-refractivity contribution >= 4 is 29.1 Å². The summed E-state index contributed by atoms with van der Waals surface area (Å²) >= 11 is 6.02. The van der Waals surface area contributed by atoms with E-state index in [2.05, 4.69) is 15.8 Å². The number of aromatic nitrogens is 1. The van der Waals surface area contributed by atoms with Gasteiger partial charge in [-0.3, -0.25) is 9.59 Å². The van der Waals surface area contributed by atoms with Gasteiger partial charge in [-0.2, -0.15) is 0 Å². The van der Waals surface area contributed by atoms with Crippen molar-refractivity contribution in [2.45, 2.75) is 19.9 Å². The zero-order chi connectivity index (χ0) is 19.4. The van der Waals surface area contributed by atoms with Gasteiger partial charge in [0.15, 0.2) is 11.5 Å². The van der Waals surface area contributed by atoms with Gasteiger partial charge in [-0.05, 0) is 32.0 Å². The molecule has 0 aliphatic carbocycles. The summed E-state index contributed by atoms with van der Waals surface area (Å²) < 4.78 is 5.25. The standard InChI is InChI=1S/C20H18ClN3O3/c1-12(2)22-19(25)15-9-8-14(21)10-16(15)23-20(26)17-11-18(27-24-17)13-6-4-3-5-7-13/h3-12H,1-2H3,(H,22,25)(H,23,26). The lowest BCUT2D eigenvalue weighted by Crippen LogP contribution is -2.31. The Hall–Kier alpha value is -3.12. The van der Waals surface area contributed by atoms with E-state index >= 15 is 0 Å². The SMILES string of the molecule is CC(C)NC(=O)c1ccc(Cl)cc1NC(=O)c1cc(-c2ccccc2)on1. The van der Waals surface area contributed by atoms with Crippen LogP contribution in [-0.2, 0) is 0 Å². The number of amides is 2. The topological polar surface area (TPSA) is 84.2 Å². The molecule has 0 spiro atoms. The number of hydrogen-bond acceptors (Lipinski definition) is 4. The molecule has 2 N–H and O–H groups in total. The lowest BCUT2D eigenvalue weighted by Gasteiger charge is -2.13. The molecule has 1 heterocycles. The Morgan fingerprint density at radius 1 is 1.04 bits per heavy atom. The van der Waals surface area contributed by atoms with Crippen LogP contribution in [0.3, 0.4) is 0 Å². The molecule has 0 atom stereocenters. The number of hydrogen-bond donors (Lipinski definition) is 2. The molecule has 7 heteroatoms. The smallest absolute Gasteiger partial charge is 0.277 e. The first-order valence-electron chi connectivity index (χ1n) is 8.38. The quantitative estimate of drug-likeness (QED) is 0.684. The van der Waals surface area contributed by atoms with Gasteiger partial charge in [0.25, 0.3) is 11.8 Å². The number of nitrogens with one attached hydrogen (secondary N) is 2. The van der Waals surface area contributed by atoms with Crippen molar-refractivity contribution in [1.82, 2.24) is 10.5 Å². The van der Waals surface area contributed by atoms with Crippen LogP contribution in [0.1, 0.15) is 34.7 Å². The molecule has 27 heavy (non-hydrogen) atoms. The zero-order valence-corrected chi connectivity index (χ0v) is 15.6. The fraction of sp³-hybridized carbons (Fsp3) is 0.150. The maximum Gasteiger partial charge on any atom is 0.277 e. The molecule has 0 radical (unpaired) electrons. The van der Waals surface area contributed by atoms with Gasteiger partial charge >= 0.3 is 0 Å². The molecule has 2 amide bonds. The fourth-order valence-corrected chi connectivity index (χ4v) is 2.64. The predicted octanol–water partition coefficient (Wildman–Crippen LogP) is 4.39. The van der Waals surface area contributed by atoms with Crippen LogP contribution in [-0.4, -0.2) is 23.0 Å². The predicted molar refractivity (Wildman–Crippen MR) is 104 cm³/mol. The molecule has 0 saturated carbocycles. The van der Waals surface area contributed by atoms with Gasteiger partial charge in [0, 0.05) is 22.7 Å². The highest BCUT2D eigenvalue weighted by atomic mass is 35.5. The molecule has 6 nitrogen and oxygen atoms in total. The first-order chi connectivity index (χ1) is 12.9. The Bertz CT molecular complexity index is 968. The van der Waals surface area contributed by atoms with Gasteiger partial charge in [-0.1, -0.05) is 47.1 Å². The Morgan fingerprint density at radius 2 is 1.78 bits per heavy atom. The van der Waals surface area contributed by atoms with Crippen LogP contribution in [0.15, 0.2) is 59.1 Å². The molecule has 0 aliphatic heterocycles. The molecular formula is C20H18ClN3O3. The van der Waals surface area contributed by atoms with Crippen molar-refractivity contribution in [3.8, 4) is 11.3 Å². The summed E-state index contributed by atoms with van der Waals surface area (Å²) in [5, 5.41) is 9.68. The van der Waals surface area contributed by atoms with E-state index in [1.807, 2.05) is 44.2 Å². The number of nitrogens with zero attached hydrogens (tertiary/aromatic N) is 1. The van der Waals surface area contributed by atoms with Gasteiger partial charge in [-0.25, -0.2) is 0 Å². The Morgan fingerprint density at radius 3 is 2.48 bits per heavy atom. The number of halogens is 1. The maximum absolute atomic E-state index is 12.6. The highest BCUT2D eigenvalue weighted by Gasteiger charge is 2.18. The minimum atomic E-state index is -0.498. The van der Waals surface area contributed by atoms with E-state index in [-0.39, 0.29) is 17.6 Å². The van der Waals surface area contributed by atoms with Crippen molar-refractivity contribution in [2.75, 3.05) is 5.32 Å². The molecule has 0 fully saturated rings. The number of benzene rings is 2. The Kier molecular flexibility index (Phi) is 5.57. The third-order valence-electron chi connectivity index (χ3n) is 3.70. The van der Waals surface area contributed by atoms with Gasteiger partial charge in [0.05, 0.1) is 11.3 Å². The third-order valence-corrected chi connectivity index (χ3v) is 3.93. The second-order valence-electron chi connectivity index (χ2n) is 6.21. The second-order valence-corrected chi connectivity index (χ2v) is 6.65. The van der Waals surface area contributed by atoms with Crippen molar-refractivity contribution < 1.29 is 14.1 Å². The van der Waals surface area contributed by atoms with Crippen LogP contribution in [0, 0.1) is 0 Å². The van der Waals surface area contributed by atoms with E-state index in [4.69, 9.17) is 16.1 Å². The highest BCUT2D eigenvalue weighted by Crippen LogP contribution is 2.24. The molecule has 3 aromatic rings. The Balaban J connectivity index is 1.83. The molecule has 3 rings (SSSR count). The summed E-state index contributed by atoms with van der Waals surface area (Å²) in [7, 11) is 0. The summed E-state index contributed by atoms with van der Waals surface area (Å²) in [6, 6.07) is 15.5. The highest BCUT2D eigenvalue weighted by molar-refractivity contribution is 6.31. The van der Waals surface area contributed by atoms with Crippen LogP contribution >= 0.6 is 11.6 Å². The van der Waals surface area contributed by atoms with Crippen molar-refractivity contribution in [2.24, 2.45) is 0 Å². The average Bonchev–Trinajstić information content (AvgIpc) is 3.12. The lowest BCUT2D eigenvalue weighted by atomic mass is 10.1. The van der Waals surface area contributed by atoms with Crippen LogP contribution in [0.4, 0.5) is 5.69 Å². The van der Waals surface area contributed by atoms with Crippen molar-refractivity contribution in [3.05, 3.63) is 70.9 Å². The number of rotatable bonds is 5. The summed E-state index contributed by atoms with van der Waals surface area (Å²) in [5.74, 6) is -0.325. The van der Waals surface area contributed by atoms with Gasteiger partial charge in [-0.15, -0.1) is 0 Å². The number of carbonyl (C=O) groups excluding carboxylic acids is 2. The zero-order valence-electron chi connectivity index (χ0n) is 14.8. The molecule has 0 saturated heterocycles. The van der Waals surface area contributed by atoms with Crippen molar-refractivity contribution in [1.29, 1.82) is 0 Å². The van der Waals surface area contributed by atoms with Crippen LogP contribution < -0.4 is 10.6 Å². The van der Waals surface area contributed by atoms with E-state index in [0.717, 1.165) is 5.56 Å². The summed E-state index contributed by atoms with van der Waals surface area (Å²) in [4.78, 5) is 24.9. The first kappa shape index (κ1) is 18.7. The van der Waals surface area contributed by atoms with Gasteiger partial charge in [0.2, 0.25) is 0 Å². The number of carbonyl (C=O) groups is 2. The maximum atomic E-state index is 12.6. The normalized spacial score (nSPS) is 10.7. The Labute approximate surface area is 161 Å². The molecule has 2 aromatic carbocycles. The van der Waals surface area contributed by atoms with E-state index in [9.17, 15) is 9.59 Å². The third kappa shape index (κ3) is 4.54. The molecular weight excluding hydrogens is 366 g/mol. The molecule has 138 valence electrons. The first-order valence-corrected chi connectivity index (χ1v) is 8.75. The molecule has 0 unspecified atom stereocenters. The van der Waals surface area contributed by atoms with Crippen LogP contribution in [0.2, 0.25) is 5.02 Å². The largest absolute Gasteiger partial charge is 0.355 e. The number of anilines is 1. The minimum Gasteiger partial charge on any atom is -0.355 e. The van der Waals surface area contributed by atoms with Crippen LogP contribution in [0.5, 0.6) is 0 Å². The van der Waals surface area contributed by atoms with Gasteiger partial charge in [0.1, 0.15) is 0 Å². The van der Waals surface area contributed by atoms with E-state index in [1.165, 1.54) is 6.07 Å². The van der Waals surface area contributed by atoms with Crippen LogP contribution in [0.25, 0.3) is 11.3 Å². The second kappa shape index (κ2) is 8.05. The fourth-order valence-electron chi connectivity index (χ4n) is 2.46. The summed E-state index contributed by atoms with van der Waals surface area (Å²) in [6.45, 7) is 3.71. The van der Waals surface area contributed by atoms with E-state index < -0.39 is 5.91 Å². The van der Waals surface area contributed by atoms with Gasteiger partial charge < -0.3 is 15.2 Å². The lowest BCUT2D eigenvalue weighted by molar-refractivity contribution is 0.0944. The minimum absolute atomic E-state index is 0.0410. The van der Waals surface area contributed by atoms with E-state index in [0.29, 0.717) is 22.0 Å². The molecule has 1 aromatic heterocycles. The monoisotopic (exact) mass is 383 g/mol. The molecule has 0 bridgehead atoms. The summed E-state index contributed by atoms with van der Waals surface area (Å²) in [6.07, 6.45) is 0. The molecule has 0 aliphatic rings. The summed E-state index contributed by atoms with van der Waals surface area (Å²) in [5.41, 5.74) is 1.52. The average molecular weight is 384 g/mol. The van der Waals surface area contributed by atoms with Crippen molar-refractivity contribution in [3.63, 3.8) is 0 Å².